The summed E-state index contributed by atoms with van der Waals surface area (Å²) < 4.78 is 5.22. The molecule has 0 aliphatic heterocycles. The summed E-state index contributed by atoms with van der Waals surface area (Å²) in [5.74, 6) is 0. The fourth-order valence-corrected chi connectivity index (χ4v) is 1.75. The van der Waals surface area contributed by atoms with Gasteiger partial charge in [-0.15, -0.1) is 11.6 Å². The van der Waals surface area contributed by atoms with Crippen molar-refractivity contribution in [3.63, 3.8) is 0 Å². The number of hydrogen-bond donors (Lipinski definition) is 0. The first kappa shape index (κ1) is 10.6. The third-order valence-electron chi connectivity index (χ3n) is 2.24. The van der Waals surface area contributed by atoms with Gasteiger partial charge < -0.3 is 9.64 Å². The molecule has 0 unspecified atom stereocenters. The predicted octanol–water partition coefficient (Wildman–Crippen LogP) is 2.23. The highest BCUT2D eigenvalue weighted by Crippen LogP contribution is 2.25. The molecular weight excluding hydrogens is 190 g/mol. The second-order valence-corrected chi connectivity index (χ2v) is 4.18. The fraction of sp³-hybridized carbons (Fsp3) is 0.889. The van der Waals surface area contributed by atoms with Crippen LogP contribution in [0.2, 0.25) is 0 Å². The van der Waals surface area contributed by atoms with Gasteiger partial charge >= 0.3 is 6.09 Å². The van der Waals surface area contributed by atoms with Gasteiger partial charge in [-0.05, 0) is 19.3 Å². The van der Waals surface area contributed by atoms with Gasteiger partial charge in [0, 0.05) is 14.1 Å². The lowest BCUT2D eigenvalue weighted by atomic mass is 9.97. The van der Waals surface area contributed by atoms with Crippen molar-refractivity contribution in [3.05, 3.63) is 0 Å². The molecule has 4 heteroatoms. The van der Waals surface area contributed by atoms with Gasteiger partial charge in [0.25, 0.3) is 0 Å². The van der Waals surface area contributed by atoms with Crippen LogP contribution in [0.15, 0.2) is 0 Å². The van der Waals surface area contributed by atoms with Gasteiger partial charge in [0.1, 0.15) is 6.10 Å². The van der Waals surface area contributed by atoms with Gasteiger partial charge in [-0.2, -0.15) is 0 Å². The molecule has 1 fully saturated rings. The zero-order valence-corrected chi connectivity index (χ0v) is 8.88. The molecule has 0 aromatic carbocycles. The van der Waals surface area contributed by atoms with Crippen LogP contribution in [0, 0.1) is 0 Å². The van der Waals surface area contributed by atoms with E-state index in [-0.39, 0.29) is 17.6 Å². The number of halogens is 1. The Morgan fingerprint density at radius 1 is 1.38 bits per heavy atom. The van der Waals surface area contributed by atoms with Gasteiger partial charge in [-0.25, -0.2) is 4.79 Å². The van der Waals surface area contributed by atoms with E-state index < -0.39 is 0 Å². The summed E-state index contributed by atoms with van der Waals surface area (Å²) in [4.78, 5) is 12.6. The minimum atomic E-state index is -0.294. The Balaban J connectivity index is 2.38. The summed E-state index contributed by atoms with van der Waals surface area (Å²) in [7, 11) is 3.35. The SMILES string of the molecule is CN(C)C(=O)O[C@H]1CCCC[C@@H]1Cl. The van der Waals surface area contributed by atoms with Crippen LogP contribution in [0.5, 0.6) is 0 Å². The Labute approximate surface area is 84.0 Å². The van der Waals surface area contributed by atoms with Crippen LogP contribution in [0.1, 0.15) is 25.7 Å². The Hall–Kier alpha value is -0.440. The number of alkyl halides is 1. The molecule has 0 radical (unpaired) electrons. The molecule has 0 aromatic heterocycles. The van der Waals surface area contributed by atoms with E-state index in [1.54, 1.807) is 14.1 Å². The quantitative estimate of drug-likeness (QED) is 0.615. The Kier molecular flexibility index (Phi) is 3.85. The maximum Gasteiger partial charge on any atom is 0.409 e. The van der Waals surface area contributed by atoms with E-state index in [2.05, 4.69) is 0 Å². The highest BCUT2D eigenvalue weighted by molar-refractivity contribution is 6.21. The lowest BCUT2D eigenvalue weighted by Gasteiger charge is -2.27. The first-order chi connectivity index (χ1) is 6.11. The molecule has 0 N–H and O–H groups in total. The van der Waals surface area contributed by atoms with Gasteiger partial charge in [0.05, 0.1) is 5.38 Å². The molecule has 1 amide bonds. The van der Waals surface area contributed by atoms with Gasteiger partial charge in [-0.3, -0.25) is 0 Å². The summed E-state index contributed by atoms with van der Waals surface area (Å²) >= 11 is 6.04. The number of rotatable bonds is 1. The minimum Gasteiger partial charge on any atom is -0.445 e. The van der Waals surface area contributed by atoms with E-state index in [0.29, 0.717) is 0 Å². The van der Waals surface area contributed by atoms with Crippen molar-refractivity contribution in [2.45, 2.75) is 37.2 Å². The van der Waals surface area contributed by atoms with Gasteiger partial charge in [-0.1, -0.05) is 6.42 Å². The number of carbonyl (C=O) groups is 1. The van der Waals surface area contributed by atoms with Crippen LogP contribution in [0.3, 0.4) is 0 Å². The van der Waals surface area contributed by atoms with Crippen LogP contribution >= 0.6 is 11.6 Å². The van der Waals surface area contributed by atoms with Crippen molar-refractivity contribution in [3.8, 4) is 0 Å². The van der Waals surface area contributed by atoms with E-state index in [0.717, 1.165) is 25.7 Å². The molecule has 0 spiro atoms. The lowest BCUT2D eigenvalue weighted by molar-refractivity contribution is 0.0581. The summed E-state index contributed by atoms with van der Waals surface area (Å²) in [5.41, 5.74) is 0. The predicted molar refractivity (Wildman–Crippen MR) is 52.1 cm³/mol. The summed E-state index contributed by atoms with van der Waals surface area (Å²) in [5, 5.41) is -0.00218. The second kappa shape index (κ2) is 4.70. The summed E-state index contributed by atoms with van der Waals surface area (Å²) in [6.45, 7) is 0. The number of hydrogen-bond acceptors (Lipinski definition) is 2. The number of ether oxygens (including phenoxy) is 1. The molecule has 3 nitrogen and oxygen atoms in total. The molecule has 13 heavy (non-hydrogen) atoms. The third-order valence-corrected chi connectivity index (χ3v) is 2.74. The first-order valence-electron chi connectivity index (χ1n) is 4.63. The van der Waals surface area contributed by atoms with Crippen molar-refractivity contribution in [1.29, 1.82) is 0 Å². The lowest BCUT2D eigenvalue weighted by Crippen LogP contribution is -2.34. The summed E-state index contributed by atoms with van der Waals surface area (Å²) in [6, 6.07) is 0. The largest absolute Gasteiger partial charge is 0.445 e. The molecule has 0 heterocycles. The maximum absolute atomic E-state index is 11.2. The molecule has 76 valence electrons. The smallest absolute Gasteiger partial charge is 0.409 e. The highest BCUT2D eigenvalue weighted by Gasteiger charge is 2.26. The van der Waals surface area contributed by atoms with Crippen molar-refractivity contribution in [1.82, 2.24) is 4.90 Å². The Bertz CT molecular complexity index is 184. The normalized spacial score (nSPS) is 28.2. The average Bonchev–Trinajstić information content (AvgIpc) is 2.08. The molecule has 1 aliphatic carbocycles. The Morgan fingerprint density at radius 3 is 2.54 bits per heavy atom. The first-order valence-corrected chi connectivity index (χ1v) is 5.07. The van der Waals surface area contributed by atoms with E-state index in [1.165, 1.54) is 4.90 Å². The van der Waals surface area contributed by atoms with Crippen molar-refractivity contribution in [2.24, 2.45) is 0 Å². The molecule has 2 atom stereocenters. The van der Waals surface area contributed by atoms with Crippen molar-refractivity contribution < 1.29 is 9.53 Å². The van der Waals surface area contributed by atoms with Crippen LogP contribution < -0.4 is 0 Å². The van der Waals surface area contributed by atoms with E-state index in [4.69, 9.17) is 16.3 Å². The molecular formula is C9H16ClNO2. The van der Waals surface area contributed by atoms with Gasteiger partial charge in [0.15, 0.2) is 0 Å². The second-order valence-electron chi connectivity index (χ2n) is 3.62. The topological polar surface area (TPSA) is 29.5 Å². The maximum atomic E-state index is 11.2. The zero-order chi connectivity index (χ0) is 9.84. The molecule has 1 saturated carbocycles. The molecule has 1 aliphatic rings. The van der Waals surface area contributed by atoms with Gasteiger partial charge in [0.2, 0.25) is 0 Å². The van der Waals surface area contributed by atoms with Crippen LogP contribution in [-0.4, -0.2) is 36.6 Å². The third kappa shape index (κ3) is 3.07. The minimum absolute atomic E-state index is 0.00218. The number of amides is 1. The molecule has 0 bridgehead atoms. The van der Waals surface area contributed by atoms with Crippen LogP contribution in [0.4, 0.5) is 4.79 Å². The average molecular weight is 206 g/mol. The standard InChI is InChI=1S/C9H16ClNO2/c1-11(2)9(12)13-8-6-4-3-5-7(8)10/h7-8H,3-6H2,1-2H3/t7-,8-/m0/s1. The number of nitrogens with zero attached hydrogens (tertiary/aromatic N) is 1. The van der Waals surface area contributed by atoms with E-state index >= 15 is 0 Å². The Morgan fingerprint density at radius 2 is 2.00 bits per heavy atom. The van der Waals surface area contributed by atoms with E-state index in [9.17, 15) is 4.79 Å². The van der Waals surface area contributed by atoms with Crippen LogP contribution in [-0.2, 0) is 4.74 Å². The van der Waals surface area contributed by atoms with Crippen LogP contribution in [0.25, 0.3) is 0 Å². The van der Waals surface area contributed by atoms with E-state index in [1.807, 2.05) is 0 Å². The molecule has 0 aromatic rings. The monoisotopic (exact) mass is 205 g/mol. The fourth-order valence-electron chi connectivity index (χ4n) is 1.42. The summed E-state index contributed by atoms with van der Waals surface area (Å²) in [6.07, 6.45) is 3.71. The molecule has 1 rings (SSSR count). The highest BCUT2D eigenvalue weighted by atomic mass is 35.5. The van der Waals surface area contributed by atoms with Crippen molar-refractivity contribution in [2.75, 3.05) is 14.1 Å². The van der Waals surface area contributed by atoms with Crippen molar-refractivity contribution >= 4 is 17.7 Å². The number of carbonyl (C=O) groups excluding carboxylic acids is 1. The zero-order valence-electron chi connectivity index (χ0n) is 8.12. The molecule has 0 saturated heterocycles.